The van der Waals surface area contributed by atoms with Crippen LogP contribution < -0.4 is 10.1 Å². The van der Waals surface area contributed by atoms with Crippen LogP contribution >= 0.6 is 0 Å². The molecular formula is C15H21N3O. The van der Waals surface area contributed by atoms with Gasteiger partial charge in [-0.3, -0.25) is 4.68 Å². The van der Waals surface area contributed by atoms with E-state index in [1.54, 1.807) is 7.11 Å². The maximum atomic E-state index is 5.34. The Morgan fingerprint density at radius 2 is 2.05 bits per heavy atom. The van der Waals surface area contributed by atoms with E-state index in [1.165, 1.54) is 11.3 Å². The van der Waals surface area contributed by atoms with E-state index < -0.39 is 0 Å². The minimum Gasteiger partial charge on any atom is -0.496 e. The molecule has 19 heavy (non-hydrogen) atoms. The first-order valence-electron chi connectivity index (χ1n) is 6.59. The number of nitrogens with one attached hydrogen (secondary N) is 1. The van der Waals surface area contributed by atoms with Crippen LogP contribution in [0, 0.1) is 0 Å². The van der Waals surface area contributed by atoms with Crippen LogP contribution in [0.2, 0.25) is 0 Å². The molecule has 2 rings (SSSR count). The Morgan fingerprint density at radius 1 is 1.26 bits per heavy atom. The summed E-state index contributed by atoms with van der Waals surface area (Å²) in [5.74, 6) is 0.925. The van der Waals surface area contributed by atoms with E-state index in [0.717, 1.165) is 31.0 Å². The second-order valence-corrected chi connectivity index (χ2v) is 4.52. The summed E-state index contributed by atoms with van der Waals surface area (Å²) >= 11 is 0. The number of hydrogen-bond donors (Lipinski definition) is 1. The molecule has 0 amide bonds. The van der Waals surface area contributed by atoms with E-state index in [2.05, 4.69) is 29.5 Å². The van der Waals surface area contributed by atoms with Crippen LogP contribution in [0.25, 0.3) is 0 Å². The molecule has 0 bridgehead atoms. The van der Waals surface area contributed by atoms with Gasteiger partial charge in [0.05, 0.1) is 18.5 Å². The minimum absolute atomic E-state index is 0.788. The van der Waals surface area contributed by atoms with Crippen molar-refractivity contribution in [2.45, 2.75) is 26.4 Å². The molecule has 4 nitrogen and oxygen atoms in total. The van der Waals surface area contributed by atoms with Crippen LogP contribution in [0.4, 0.5) is 0 Å². The van der Waals surface area contributed by atoms with E-state index in [1.807, 2.05) is 29.9 Å². The van der Waals surface area contributed by atoms with E-state index in [-0.39, 0.29) is 0 Å². The lowest BCUT2D eigenvalue weighted by atomic mass is 10.2. The molecule has 102 valence electrons. The normalized spacial score (nSPS) is 10.7. The summed E-state index contributed by atoms with van der Waals surface area (Å²) in [6, 6.07) is 10.2. The molecule has 0 spiro atoms. The second kappa shape index (κ2) is 6.38. The third kappa shape index (κ3) is 3.35. The van der Waals surface area contributed by atoms with Gasteiger partial charge in [-0.15, -0.1) is 0 Å². The van der Waals surface area contributed by atoms with Crippen molar-refractivity contribution in [2.24, 2.45) is 7.05 Å². The number of aryl methyl sites for hydroxylation is 2. The third-order valence-corrected chi connectivity index (χ3v) is 3.20. The molecule has 1 aromatic carbocycles. The lowest BCUT2D eigenvalue weighted by molar-refractivity contribution is 0.407. The Morgan fingerprint density at radius 3 is 2.74 bits per heavy atom. The van der Waals surface area contributed by atoms with Gasteiger partial charge < -0.3 is 10.1 Å². The number of rotatable bonds is 6. The number of aromatic nitrogens is 2. The highest BCUT2D eigenvalue weighted by atomic mass is 16.5. The molecule has 0 aliphatic rings. The number of para-hydroxylation sites is 1. The molecule has 0 aliphatic carbocycles. The van der Waals surface area contributed by atoms with Crippen molar-refractivity contribution >= 4 is 0 Å². The van der Waals surface area contributed by atoms with Crippen LogP contribution in [0.15, 0.2) is 30.3 Å². The highest BCUT2D eigenvalue weighted by Crippen LogP contribution is 2.16. The molecule has 0 radical (unpaired) electrons. The SMILES string of the molecule is CCc1cc(CNCc2ccccc2OC)n(C)n1. The fraction of sp³-hybridized carbons (Fsp3) is 0.400. The summed E-state index contributed by atoms with van der Waals surface area (Å²) in [6.45, 7) is 3.71. The third-order valence-electron chi connectivity index (χ3n) is 3.20. The molecule has 2 aromatic rings. The number of methoxy groups -OCH3 is 1. The number of benzene rings is 1. The van der Waals surface area contributed by atoms with Gasteiger partial charge >= 0.3 is 0 Å². The molecule has 1 heterocycles. The number of nitrogens with zero attached hydrogens (tertiary/aromatic N) is 2. The Labute approximate surface area is 114 Å². The molecule has 0 saturated carbocycles. The number of ether oxygens (including phenoxy) is 1. The molecular weight excluding hydrogens is 238 g/mol. The molecule has 4 heteroatoms. The van der Waals surface area contributed by atoms with Gasteiger partial charge in [-0.1, -0.05) is 25.1 Å². The number of hydrogen-bond acceptors (Lipinski definition) is 3. The smallest absolute Gasteiger partial charge is 0.123 e. The average Bonchev–Trinajstić information content (AvgIpc) is 2.80. The molecule has 0 aliphatic heterocycles. The monoisotopic (exact) mass is 259 g/mol. The van der Waals surface area contributed by atoms with Gasteiger partial charge in [0.2, 0.25) is 0 Å². The summed E-state index contributed by atoms with van der Waals surface area (Å²) in [7, 11) is 3.69. The van der Waals surface area contributed by atoms with Crippen molar-refractivity contribution in [1.82, 2.24) is 15.1 Å². The van der Waals surface area contributed by atoms with Gasteiger partial charge in [0, 0.05) is 25.7 Å². The zero-order chi connectivity index (χ0) is 13.7. The average molecular weight is 259 g/mol. The summed E-state index contributed by atoms with van der Waals surface area (Å²) in [5.41, 5.74) is 3.51. The first-order valence-corrected chi connectivity index (χ1v) is 6.59. The largest absolute Gasteiger partial charge is 0.496 e. The van der Waals surface area contributed by atoms with Gasteiger partial charge in [0.1, 0.15) is 5.75 Å². The lowest BCUT2D eigenvalue weighted by Crippen LogP contribution is -2.15. The predicted octanol–water partition coefficient (Wildman–Crippen LogP) is 2.28. The first kappa shape index (κ1) is 13.6. The summed E-state index contributed by atoms with van der Waals surface area (Å²) in [4.78, 5) is 0. The van der Waals surface area contributed by atoms with E-state index in [4.69, 9.17) is 4.74 Å². The van der Waals surface area contributed by atoms with Crippen molar-refractivity contribution in [2.75, 3.05) is 7.11 Å². The fourth-order valence-electron chi connectivity index (χ4n) is 2.08. The van der Waals surface area contributed by atoms with E-state index in [0.29, 0.717) is 0 Å². The maximum Gasteiger partial charge on any atom is 0.123 e. The highest BCUT2D eigenvalue weighted by Gasteiger charge is 2.04. The summed E-state index contributed by atoms with van der Waals surface area (Å²) < 4.78 is 7.27. The van der Waals surface area contributed by atoms with Crippen molar-refractivity contribution in [3.8, 4) is 5.75 Å². The second-order valence-electron chi connectivity index (χ2n) is 4.52. The Kier molecular flexibility index (Phi) is 4.58. The zero-order valence-corrected chi connectivity index (χ0v) is 11.8. The van der Waals surface area contributed by atoms with E-state index >= 15 is 0 Å². The van der Waals surface area contributed by atoms with Gasteiger partial charge in [0.25, 0.3) is 0 Å². The van der Waals surface area contributed by atoms with Gasteiger partial charge in [0.15, 0.2) is 0 Å². The van der Waals surface area contributed by atoms with Crippen molar-refractivity contribution in [1.29, 1.82) is 0 Å². The Hall–Kier alpha value is -1.81. The standard InChI is InChI=1S/C15H21N3O/c1-4-13-9-14(18(2)17-13)11-16-10-12-7-5-6-8-15(12)19-3/h5-9,16H,4,10-11H2,1-3H3. The van der Waals surface area contributed by atoms with Crippen molar-refractivity contribution in [3.63, 3.8) is 0 Å². The first-order chi connectivity index (χ1) is 9.24. The summed E-state index contributed by atoms with van der Waals surface area (Å²) in [5, 5.41) is 7.87. The molecule has 0 unspecified atom stereocenters. The molecule has 0 fully saturated rings. The van der Waals surface area contributed by atoms with Crippen LogP contribution in [0.5, 0.6) is 5.75 Å². The van der Waals surface area contributed by atoms with Crippen LogP contribution in [0.3, 0.4) is 0 Å². The zero-order valence-electron chi connectivity index (χ0n) is 11.8. The molecule has 1 aromatic heterocycles. The minimum atomic E-state index is 0.788. The van der Waals surface area contributed by atoms with Crippen LogP contribution in [-0.2, 0) is 26.6 Å². The van der Waals surface area contributed by atoms with Crippen LogP contribution in [-0.4, -0.2) is 16.9 Å². The van der Waals surface area contributed by atoms with Crippen LogP contribution in [0.1, 0.15) is 23.9 Å². The Balaban J connectivity index is 1.94. The fourth-order valence-corrected chi connectivity index (χ4v) is 2.08. The molecule has 0 saturated heterocycles. The topological polar surface area (TPSA) is 39.1 Å². The lowest BCUT2D eigenvalue weighted by Gasteiger charge is -2.09. The van der Waals surface area contributed by atoms with Crippen molar-refractivity contribution < 1.29 is 4.74 Å². The predicted molar refractivity (Wildman–Crippen MR) is 76.1 cm³/mol. The maximum absolute atomic E-state index is 5.34. The Bertz CT molecular complexity index is 534. The highest BCUT2D eigenvalue weighted by molar-refractivity contribution is 5.33. The van der Waals surface area contributed by atoms with Gasteiger partial charge in [-0.2, -0.15) is 5.10 Å². The van der Waals surface area contributed by atoms with E-state index in [9.17, 15) is 0 Å². The quantitative estimate of drug-likeness (QED) is 0.865. The van der Waals surface area contributed by atoms with Gasteiger partial charge in [-0.25, -0.2) is 0 Å². The van der Waals surface area contributed by atoms with Crippen molar-refractivity contribution in [3.05, 3.63) is 47.3 Å². The summed E-state index contributed by atoms with van der Waals surface area (Å²) in [6.07, 6.45) is 0.973. The molecule has 1 N–H and O–H groups in total. The molecule has 0 atom stereocenters. The van der Waals surface area contributed by atoms with Gasteiger partial charge in [-0.05, 0) is 18.6 Å².